The zero-order chi connectivity index (χ0) is 11.2. The van der Waals surface area contributed by atoms with Crippen LogP contribution in [-0.2, 0) is 11.3 Å². The van der Waals surface area contributed by atoms with Crippen molar-refractivity contribution >= 4 is 11.6 Å². The standard InChI is InChI=1S/C11H16ClN3O/c12-11-5-4-10(14-15-11)8-16-7-9-3-1-2-6-13-9/h4-5,9,13H,1-3,6-8H2. The largest absolute Gasteiger partial charge is 0.373 e. The van der Waals surface area contributed by atoms with E-state index in [2.05, 4.69) is 15.5 Å². The molecular weight excluding hydrogens is 226 g/mol. The molecule has 5 heteroatoms. The number of nitrogens with one attached hydrogen (secondary N) is 1. The maximum absolute atomic E-state index is 5.64. The Morgan fingerprint density at radius 2 is 2.31 bits per heavy atom. The fourth-order valence-electron chi connectivity index (χ4n) is 1.79. The summed E-state index contributed by atoms with van der Waals surface area (Å²) >= 11 is 5.64. The molecule has 1 N–H and O–H groups in total. The molecule has 0 bridgehead atoms. The first kappa shape index (κ1) is 11.8. The lowest BCUT2D eigenvalue weighted by Crippen LogP contribution is -2.37. The molecule has 2 heterocycles. The quantitative estimate of drug-likeness (QED) is 0.873. The van der Waals surface area contributed by atoms with Gasteiger partial charge >= 0.3 is 0 Å². The summed E-state index contributed by atoms with van der Waals surface area (Å²) in [6.45, 7) is 2.35. The first-order chi connectivity index (χ1) is 7.84. The second-order valence-electron chi connectivity index (χ2n) is 4.01. The molecule has 1 aliphatic rings. The molecule has 0 saturated carbocycles. The van der Waals surface area contributed by atoms with E-state index in [1.165, 1.54) is 19.3 Å². The Morgan fingerprint density at radius 1 is 1.38 bits per heavy atom. The van der Waals surface area contributed by atoms with E-state index in [4.69, 9.17) is 16.3 Å². The molecule has 2 rings (SSSR count). The smallest absolute Gasteiger partial charge is 0.151 e. The average Bonchev–Trinajstić information content (AvgIpc) is 2.33. The Labute approximate surface area is 100 Å². The van der Waals surface area contributed by atoms with Crippen LogP contribution in [0.4, 0.5) is 0 Å². The summed E-state index contributed by atoms with van der Waals surface area (Å²) < 4.78 is 5.59. The molecule has 1 saturated heterocycles. The van der Waals surface area contributed by atoms with E-state index in [1.54, 1.807) is 6.07 Å². The summed E-state index contributed by atoms with van der Waals surface area (Å²) in [5.74, 6) is 0. The van der Waals surface area contributed by atoms with Gasteiger partial charge in [0.15, 0.2) is 5.15 Å². The van der Waals surface area contributed by atoms with Gasteiger partial charge in [0.05, 0.1) is 18.9 Å². The number of rotatable bonds is 4. The first-order valence-corrected chi connectivity index (χ1v) is 6.01. The highest BCUT2D eigenvalue weighted by Gasteiger charge is 2.12. The normalized spacial score (nSPS) is 20.9. The number of hydrogen-bond acceptors (Lipinski definition) is 4. The molecule has 4 nitrogen and oxygen atoms in total. The van der Waals surface area contributed by atoms with Crippen LogP contribution >= 0.6 is 11.6 Å². The van der Waals surface area contributed by atoms with E-state index in [0.29, 0.717) is 17.8 Å². The van der Waals surface area contributed by atoms with Crippen molar-refractivity contribution in [3.63, 3.8) is 0 Å². The monoisotopic (exact) mass is 241 g/mol. The fourth-order valence-corrected chi connectivity index (χ4v) is 1.89. The van der Waals surface area contributed by atoms with Gasteiger partial charge < -0.3 is 10.1 Å². The molecule has 0 amide bonds. The number of hydrogen-bond donors (Lipinski definition) is 1. The number of ether oxygens (including phenoxy) is 1. The van der Waals surface area contributed by atoms with Crippen LogP contribution in [0.3, 0.4) is 0 Å². The van der Waals surface area contributed by atoms with Crippen molar-refractivity contribution in [3.05, 3.63) is 23.0 Å². The molecule has 16 heavy (non-hydrogen) atoms. The van der Waals surface area contributed by atoms with Crippen molar-refractivity contribution in [2.75, 3.05) is 13.2 Å². The van der Waals surface area contributed by atoms with Crippen molar-refractivity contribution in [3.8, 4) is 0 Å². The third-order valence-corrected chi connectivity index (χ3v) is 2.87. The molecule has 0 aromatic carbocycles. The molecule has 1 unspecified atom stereocenters. The zero-order valence-electron chi connectivity index (χ0n) is 9.16. The maximum Gasteiger partial charge on any atom is 0.151 e. The Morgan fingerprint density at radius 3 is 3.00 bits per heavy atom. The molecule has 1 aromatic rings. The predicted octanol–water partition coefficient (Wildman–Crippen LogP) is 1.79. The van der Waals surface area contributed by atoms with Gasteiger partial charge in [0, 0.05) is 6.04 Å². The van der Waals surface area contributed by atoms with Gasteiger partial charge in [-0.1, -0.05) is 18.0 Å². The van der Waals surface area contributed by atoms with E-state index < -0.39 is 0 Å². The fraction of sp³-hybridized carbons (Fsp3) is 0.636. The van der Waals surface area contributed by atoms with E-state index in [-0.39, 0.29) is 0 Å². The molecule has 88 valence electrons. The summed E-state index contributed by atoms with van der Waals surface area (Å²) in [6.07, 6.45) is 3.77. The van der Waals surface area contributed by atoms with Crippen molar-refractivity contribution in [1.82, 2.24) is 15.5 Å². The van der Waals surface area contributed by atoms with E-state index in [0.717, 1.165) is 18.8 Å². The first-order valence-electron chi connectivity index (χ1n) is 5.64. The summed E-state index contributed by atoms with van der Waals surface area (Å²) in [5.41, 5.74) is 0.820. The van der Waals surface area contributed by atoms with Gasteiger partial charge in [0.1, 0.15) is 0 Å². The van der Waals surface area contributed by atoms with E-state index in [1.807, 2.05) is 6.07 Å². The minimum absolute atomic E-state index is 0.415. The van der Waals surface area contributed by atoms with Crippen molar-refractivity contribution in [1.29, 1.82) is 0 Å². The number of aromatic nitrogens is 2. The van der Waals surface area contributed by atoms with Crippen LogP contribution in [0.25, 0.3) is 0 Å². The Hall–Kier alpha value is -0.710. The lowest BCUT2D eigenvalue weighted by Gasteiger charge is -2.22. The Balaban J connectivity index is 1.69. The topological polar surface area (TPSA) is 47.0 Å². The lowest BCUT2D eigenvalue weighted by molar-refractivity contribution is 0.0886. The van der Waals surface area contributed by atoms with Crippen LogP contribution in [0.15, 0.2) is 12.1 Å². The maximum atomic E-state index is 5.64. The van der Waals surface area contributed by atoms with Crippen molar-refractivity contribution < 1.29 is 4.74 Å². The minimum atomic E-state index is 0.415. The second-order valence-corrected chi connectivity index (χ2v) is 4.40. The second kappa shape index (κ2) is 6.13. The third-order valence-electron chi connectivity index (χ3n) is 2.67. The Kier molecular flexibility index (Phi) is 4.51. The molecule has 0 radical (unpaired) electrons. The summed E-state index contributed by atoms with van der Waals surface area (Å²) in [7, 11) is 0. The van der Waals surface area contributed by atoms with Crippen LogP contribution in [0.5, 0.6) is 0 Å². The molecule has 0 aliphatic carbocycles. The summed E-state index contributed by atoms with van der Waals surface area (Å²) in [5, 5.41) is 11.5. The predicted molar refractivity (Wildman–Crippen MR) is 62.3 cm³/mol. The molecular formula is C11H16ClN3O. The van der Waals surface area contributed by atoms with Crippen LogP contribution in [0.1, 0.15) is 25.0 Å². The van der Waals surface area contributed by atoms with Gasteiger partial charge in [-0.15, -0.1) is 5.10 Å². The lowest BCUT2D eigenvalue weighted by atomic mass is 10.1. The summed E-state index contributed by atoms with van der Waals surface area (Å²) in [4.78, 5) is 0. The third kappa shape index (κ3) is 3.70. The van der Waals surface area contributed by atoms with E-state index >= 15 is 0 Å². The summed E-state index contributed by atoms with van der Waals surface area (Å²) in [6, 6.07) is 4.06. The van der Waals surface area contributed by atoms with E-state index in [9.17, 15) is 0 Å². The van der Waals surface area contributed by atoms with Gasteiger partial charge in [0.25, 0.3) is 0 Å². The van der Waals surface area contributed by atoms with Crippen LogP contribution in [-0.4, -0.2) is 29.4 Å². The van der Waals surface area contributed by atoms with Crippen LogP contribution < -0.4 is 5.32 Å². The van der Waals surface area contributed by atoms with Crippen molar-refractivity contribution in [2.24, 2.45) is 0 Å². The highest BCUT2D eigenvalue weighted by atomic mass is 35.5. The van der Waals surface area contributed by atoms with Crippen LogP contribution in [0.2, 0.25) is 5.15 Å². The number of piperidine rings is 1. The van der Waals surface area contributed by atoms with Crippen LogP contribution in [0, 0.1) is 0 Å². The van der Waals surface area contributed by atoms with Gasteiger partial charge in [-0.25, -0.2) is 0 Å². The molecule has 0 spiro atoms. The highest BCUT2D eigenvalue weighted by molar-refractivity contribution is 6.29. The minimum Gasteiger partial charge on any atom is -0.373 e. The highest BCUT2D eigenvalue weighted by Crippen LogP contribution is 2.08. The van der Waals surface area contributed by atoms with Gasteiger partial charge in [-0.05, 0) is 31.5 Å². The van der Waals surface area contributed by atoms with Crippen molar-refractivity contribution in [2.45, 2.75) is 31.9 Å². The average molecular weight is 242 g/mol. The van der Waals surface area contributed by atoms with Gasteiger partial charge in [0.2, 0.25) is 0 Å². The van der Waals surface area contributed by atoms with Gasteiger partial charge in [-0.2, -0.15) is 5.10 Å². The number of halogens is 1. The molecule has 1 fully saturated rings. The van der Waals surface area contributed by atoms with Gasteiger partial charge in [-0.3, -0.25) is 0 Å². The number of nitrogens with zero attached hydrogens (tertiary/aromatic N) is 2. The SMILES string of the molecule is Clc1ccc(COCC2CCCCN2)nn1. The molecule has 1 aromatic heterocycles. The molecule has 1 atom stereocenters. The Bertz CT molecular complexity index is 312. The molecule has 1 aliphatic heterocycles. The zero-order valence-corrected chi connectivity index (χ0v) is 9.91.